The van der Waals surface area contributed by atoms with E-state index in [2.05, 4.69) is 23.1 Å². The van der Waals surface area contributed by atoms with Crippen LogP contribution in [0, 0.1) is 0 Å². The van der Waals surface area contributed by atoms with Gasteiger partial charge >= 0.3 is 0 Å². The van der Waals surface area contributed by atoms with Gasteiger partial charge in [-0.15, -0.1) is 0 Å². The van der Waals surface area contributed by atoms with Crippen LogP contribution in [0.2, 0.25) is 0 Å². The molecule has 3 rings (SSSR count). The molecule has 0 saturated carbocycles. The Kier molecular flexibility index (Phi) is 4.16. The first-order valence-corrected chi connectivity index (χ1v) is 7.43. The van der Waals surface area contributed by atoms with Gasteiger partial charge in [0.25, 0.3) is 0 Å². The molecular formula is C16H23NO2. The molecule has 0 bridgehead atoms. The topological polar surface area (TPSA) is 32.7 Å². The molecule has 0 spiro atoms. The van der Waals surface area contributed by atoms with Crippen molar-refractivity contribution in [1.29, 1.82) is 0 Å². The van der Waals surface area contributed by atoms with Crippen molar-refractivity contribution in [2.24, 2.45) is 0 Å². The summed E-state index contributed by atoms with van der Waals surface area (Å²) in [6, 6.07) is 6.54. The molecule has 1 N–H and O–H groups in total. The Morgan fingerprint density at radius 2 is 1.84 bits per heavy atom. The highest BCUT2D eigenvalue weighted by Gasteiger charge is 2.18. The van der Waals surface area contributed by atoms with E-state index in [0.717, 1.165) is 38.4 Å². The number of aryl methyl sites for hydroxylation is 2. The molecule has 1 aromatic carbocycles. The Labute approximate surface area is 115 Å². The summed E-state index contributed by atoms with van der Waals surface area (Å²) in [5.41, 5.74) is 4.01. The molecule has 3 heteroatoms. The van der Waals surface area contributed by atoms with Gasteiger partial charge in [-0.25, -0.2) is 0 Å². The molecule has 19 heavy (non-hydrogen) atoms. The summed E-state index contributed by atoms with van der Waals surface area (Å²) < 4.78 is 5.34. The smallest absolute Gasteiger partial charge is 0.0917 e. The van der Waals surface area contributed by atoms with Crippen LogP contribution in [-0.4, -0.2) is 42.9 Å². The lowest BCUT2D eigenvalue weighted by atomic mass is 9.89. The van der Waals surface area contributed by atoms with Crippen molar-refractivity contribution in [3.63, 3.8) is 0 Å². The minimum Gasteiger partial charge on any atom is -0.387 e. The molecule has 1 fully saturated rings. The molecule has 1 aromatic rings. The van der Waals surface area contributed by atoms with Crippen molar-refractivity contribution in [3.8, 4) is 0 Å². The van der Waals surface area contributed by atoms with Crippen molar-refractivity contribution in [3.05, 3.63) is 34.9 Å². The fourth-order valence-electron chi connectivity index (χ4n) is 3.09. The molecule has 1 saturated heterocycles. The first-order chi connectivity index (χ1) is 9.33. The van der Waals surface area contributed by atoms with Crippen LogP contribution in [0.5, 0.6) is 0 Å². The van der Waals surface area contributed by atoms with Crippen LogP contribution in [-0.2, 0) is 17.6 Å². The minimum absolute atomic E-state index is 0.370. The molecule has 0 amide bonds. The number of rotatable bonds is 3. The highest BCUT2D eigenvalue weighted by molar-refractivity contribution is 5.34. The predicted octanol–water partition coefficient (Wildman–Crippen LogP) is 1.93. The lowest BCUT2D eigenvalue weighted by molar-refractivity contribution is 0.0143. The number of hydrogen-bond acceptors (Lipinski definition) is 3. The summed E-state index contributed by atoms with van der Waals surface area (Å²) >= 11 is 0. The van der Waals surface area contributed by atoms with Gasteiger partial charge in [-0.2, -0.15) is 0 Å². The Bertz CT molecular complexity index is 427. The largest absolute Gasteiger partial charge is 0.387 e. The summed E-state index contributed by atoms with van der Waals surface area (Å²) in [6.45, 7) is 4.17. The molecule has 1 atom stereocenters. The van der Waals surface area contributed by atoms with Crippen molar-refractivity contribution >= 4 is 0 Å². The van der Waals surface area contributed by atoms with Gasteiger partial charge in [-0.1, -0.05) is 18.2 Å². The number of nitrogens with zero attached hydrogens (tertiary/aromatic N) is 1. The lowest BCUT2D eigenvalue weighted by Crippen LogP contribution is -2.38. The Hall–Kier alpha value is -0.900. The Morgan fingerprint density at radius 3 is 2.63 bits per heavy atom. The van der Waals surface area contributed by atoms with Gasteiger partial charge in [0.05, 0.1) is 19.3 Å². The van der Waals surface area contributed by atoms with Crippen LogP contribution in [0.25, 0.3) is 0 Å². The number of β-amino-alcohol motifs (C(OH)–C–C–N with tert-alkyl or cyclic N) is 1. The van der Waals surface area contributed by atoms with Crippen molar-refractivity contribution < 1.29 is 9.84 Å². The molecule has 0 aromatic heterocycles. The van der Waals surface area contributed by atoms with E-state index in [0.29, 0.717) is 0 Å². The second-order valence-electron chi connectivity index (χ2n) is 5.66. The standard InChI is InChI=1S/C16H23NO2/c18-16(12-17-7-9-19-10-8-17)15-6-5-13-3-1-2-4-14(13)11-15/h5-6,11,16,18H,1-4,7-10,12H2. The zero-order valence-electron chi connectivity index (χ0n) is 11.5. The third kappa shape index (κ3) is 3.16. The normalized spacial score (nSPS) is 21.9. The Morgan fingerprint density at radius 1 is 1.11 bits per heavy atom. The molecule has 1 aliphatic heterocycles. The molecule has 104 valence electrons. The number of ether oxygens (including phenoxy) is 1. The molecule has 3 nitrogen and oxygen atoms in total. The second-order valence-corrected chi connectivity index (χ2v) is 5.66. The van der Waals surface area contributed by atoms with Gasteiger partial charge in [0.15, 0.2) is 0 Å². The minimum atomic E-state index is -0.370. The number of hydrogen-bond donors (Lipinski definition) is 1. The van der Waals surface area contributed by atoms with Gasteiger partial charge in [-0.3, -0.25) is 4.90 Å². The third-order valence-corrected chi connectivity index (χ3v) is 4.29. The van der Waals surface area contributed by atoms with Crippen LogP contribution < -0.4 is 0 Å². The van der Waals surface area contributed by atoms with Crippen LogP contribution in [0.4, 0.5) is 0 Å². The van der Waals surface area contributed by atoms with Crippen molar-refractivity contribution in [1.82, 2.24) is 4.90 Å². The summed E-state index contributed by atoms with van der Waals surface area (Å²) in [7, 11) is 0. The van der Waals surface area contributed by atoms with Gasteiger partial charge in [0.1, 0.15) is 0 Å². The summed E-state index contributed by atoms with van der Waals surface area (Å²) in [5, 5.41) is 10.4. The third-order valence-electron chi connectivity index (χ3n) is 4.29. The fourth-order valence-corrected chi connectivity index (χ4v) is 3.09. The summed E-state index contributed by atoms with van der Waals surface area (Å²) in [6.07, 6.45) is 4.60. The molecule has 1 aliphatic carbocycles. The van der Waals surface area contributed by atoms with E-state index >= 15 is 0 Å². The van der Waals surface area contributed by atoms with E-state index in [1.54, 1.807) is 0 Å². The van der Waals surface area contributed by atoms with E-state index in [4.69, 9.17) is 4.74 Å². The highest BCUT2D eigenvalue weighted by atomic mass is 16.5. The molecule has 0 radical (unpaired) electrons. The van der Waals surface area contributed by atoms with Crippen molar-refractivity contribution in [2.45, 2.75) is 31.8 Å². The monoisotopic (exact) mass is 261 g/mol. The highest BCUT2D eigenvalue weighted by Crippen LogP contribution is 2.25. The van der Waals surface area contributed by atoms with Gasteiger partial charge in [0, 0.05) is 19.6 Å². The van der Waals surface area contributed by atoms with E-state index in [9.17, 15) is 5.11 Å². The predicted molar refractivity (Wildman–Crippen MR) is 75.3 cm³/mol. The van der Waals surface area contributed by atoms with E-state index in [-0.39, 0.29) is 6.10 Å². The van der Waals surface area contributed by atoms with E-state index in [1.165, 1.54) is 36.8 Å². The number of aliphatic hydroxyl groups excluding tert-OH is 1. The maximum absolute atomic E-state index is 10.4. The maximum atomic E-state index is 10.4. The summed E-state index contributed by atoms with van der Waals surface area (Å²) in [4.78, 5) is 2.29. The second kappa shape index (κ2) is 6.04. The van der Waals surface area contributed by atoms with Crippen LogP contribution in [0.15, 0.2) is 18.2 Å². The summed E-state index contributed by atoms with van der Waals surface area (Å²) in [5.74, 6) is 0. The number of benzene rings is 1. The molecule has 1 unspecified atom stereocenters. The molecule has 2 aliphatic rings. The van der Waals surface area contributed by atoms with Crippen LogP contribution >= 0.6 is 0 Å². The van der Waals surface area contributed by atoms with Crippen molar-refractivity contribution in [2.75, 3.05) is 32.8 Å². The zero-order chi connectivity index (χ0) is 13.1. The van der Waals surface area contributed by atoms with Crippen LogP contribution in [0.1, 0.15) is 35.6 Å². The van der Waals surface area contributed by atoms with Gasteiger partial charge < -0.3 is 9.84 Å². The van der Waals surface area contributed by atoms with Gasteiger partial charge in [0.2, 0.25) is 0 Å². The molecule has 1 heterocycles. The van der Waals surface area contributed by atoms with E-state index < -0.39 is 0 Å². The lowest BCUT2D eigenvalue weighted by Gasteiger charge is -2.29. The first-order valence-electron chi connectivity index (χ1n) is 7.43. The quantitative estimate of drug-likeness (QED) is 0.902. The average molecular weight is 261 g/mol. The first kappa shape index (κ1) is 13.1. The zero-order valence-corrected chi connectivity index (χ0v) is 11.5. The molecular weight excluding hydrogens is 238 g/mol. The maximum Gasteiger partial charge on any atom is 0.0917 e. The number of morpholine rings is 1. The number of aliphatic hydroxyl groups is 1. The van der Waals surface area contributed by atoms with E-state index in [1.807, 2.05) is 0 Å². The number of fused-ring (bicyclic) bond motifs is 1. The van der Waals surface area contributed by atoms with Gasteiger partial charge in [-0.05, 0) is 42.4 Å². The fraction of sp³-hybridized carbons (Fsp3) is 0.625. The average Bonchev–Trinajstić information content (AvgIpc) is 2.48. The van der Waals surface area contributed by atoms with Crippen LogP contribution in [0.3, 0.4) is 0 Å². The Balaban J connectivity index is 1.67. The SMILES string of the molecule is OC(CN1CCOCC1)c1ccc2c(c1)CCCC2.